The zero-order valence-electron chi connectivity index (χ0n) is 11.4. The van der Waals surface area contributed by atoms with Crippen molar-refractivity contribution in [1.29, 1.82) is 0 Å². The first-order valence-corrected chi connectivity index (χ1v) is 6.20. The van der Waals surface area contributed by atoms with E-state index in [9.17, 15) is 9.59 Å². The monoisotopic (exact) mass is 248 g/mol. The maximum absolute atomic E-state index is 11.9. The van der Waals surface area contributed by atoms with Crippen LogP contribution in [0.5, 0.6) is 0 Å². The fraction of sp³-hybridized carbons (Fsp3) is 0.467. The van der Waals surface area contributed by atoms with Crippen molar-refractivity contribution in [3.8, 4) is 0 Å². The van der Waals surface area contributed by atoms with Crippen LogP contribution in [-0.4, -0.2) is 17.9 Å². The molecule has 0 spiro atoms. The molecule has 98 valence electrons. The predicted molar refractivity (Wildman–Crippen MR) is 70.7 cm³/mol. The molecule has 0 aliphatic carbocycles. The number of benzene rings is 1. The van der Waals surface area contributed by atoms with Gasteiger partial charge in [-0.2, -0.15) is 0 Å². The molecule has 0 saturated heterocycles. The lowest BCUT2D eigenvalue weighted by molar-refractivity contribution is -0.147. The van der Waals surface area contributed by atoms with Crippen LogP contribution in [0.15, 0.2) is 18.2 Å². The normalized spacial score (nSPS) is 10.5. The maximum atomic E-state index is 11.9. The molecule has 0 heterocycles. The van der Waals surface area contributed by atoms with Crippen molar-refractivity contribution in [1.82, 2.24) is 0 Å². The van der Waals surface area contributed by atoms with Gasteiger partial charge in [0.25, 0.3) is 0 Å². The number of Topliss-reactive ketones (excluding diaryl/α,β-unsaturated/α-hetero) is 1. The Morgan fingerprint density at radius 3 is 2.33 bits per heavy atom. The number of rotatable bonds is 5. The van der Waals surface area contributed by atoms with Crippen LogP contribution >= 0.6 is 0 Å². The maximum Gasteiger partial charge on any atom is 0.306 e. The summed E-state index contributed by atoms with van der Waals surface area (Å²) in [5.74, 6) is -0.332. The molecule has 0 unspecified atom stereocenters. The summed E-state index contributed by atoms with van der Waals surface area (Å²) < 4.78 is 4.99. The summed E-state index contributed by atoms with van der Waals surface area (Å²) in [5, 5.41) is 0. The molecule has 1 aromatic carbocycles. The van der Waals surface area contributed by atoms with Crippen LogP contribution in [0.3, 0.4) is 0 Å². The second-order valence-electron chi connectivity index (χ2n) is 4.76. The molecule has 0 saturated carbocycles. The minimum atomic E-state index is -0.317. The van der Waals surface area contributed by atoms with Crippen LogP contribution in [-0.2, 0) is 9.53 Å². The van der Waals surface area contributed by atoms with Crippen molar-refractivity contribution in [2.45, 2.75) is 46.6 Å². The number of carbonyl (C=O) groups excluding carboxylic acids is 2. The Bertz CT molecular complexity index is 447. The molecule has 0 aliphatic rings. The summed E-state index contributed by atoms with van der Waals surface area (Å²) in [5.41, 5.74) is 2.91. The van der Waals surface area contributed by atoms with Crippen LogP contribution in [0, 0.1) is 13.8 Å². The molecular weight excluding hydrogens is 228 g/mol. The van der Waals surface area contributed by atoms with Gasteiger partial charge >= 0.3 is 5.97 Å². The van der Waals surface area contributed by atoms with Crippen molar-refractivity contribution >= 4 is 11.8 Å². The molecule has 0 aliphatic heterocycles. The molecule has 3 heteroatoms. The van der Waals surface area contributed by atoms with Gasteiger partial charge in [-0.1, -0.05) is 12.1 Å². The highest BCUT2D eigenvalue weighted by Crippen LogP contribution is 2.12. The fourth-order valence-electron chi connectivity index (χ4n) is 1.60. The van der Waals surface area contributed by atoms with E-state index in [4.69, 9.17) is 4.74 Å². The summed E-state index contributed by atoms with van der Waals surface area (Å²) >= 11 is 0. The van der Waals surface area contributed by atoms with Gasteiger partial charge in [0.1, 0.15) is 0 Å². The number of hydrogen-bond donors (Lipinski definition) is 0. The average Bonchev–Trinajstić information content (AvgIpc) is 2.28. The number of hydrogen-bond acceptors (Lipinski definition) is 3. The van der Waals surface area contributed by atoms with E-state index in [0.29, 0.717) is 5.56 Å². The Morgan fingerprint density at radius 2 is 1.78 bits per heavy atom. The van der Waals surface area contributed by atoms with Crippen LogP contribution in [0.25, 0.3) is 0 Å². The molecule has 0 fully saturated rings. The minimum Gasteiger partial charge on any atom is -0.463 e. The molecule has 3 nitrogen and oxygen atoms in total. The third-order valence-corrected chi connectivity index (χ3v) is 2.75. The van der Waals surface area contributed by atoms with Crippen molar-refractivity contribution in [2.24, 2.45) is 0 Å². The lowest BCUT2D eigenvalue weighted by atomic mass is 10.0. The van der Waals surface area contributed by atoms with E-state index in [1.165, 1.54) is 0 Å². The summed E-state index contributed by atoms with van der Waals surface area (Å²) in [6.45, 7) is 7.56. The van der Waals surface area contributed by atoms with Crippen LogP contribution in [0.2, 0.25) is 0 Å². The topological polar surface area (TPSA) is 43.4 Å². The number of esters is 1. The molecule has 0 N–H and O–H groups in total. The first-order valence-electron chi connectivity index (χ1n) is 6.20. The van der Waals surface area contributed by atoms with Gasteiger partial charge in [0.15, 0.2) is 5.78 Å². The largest absolute Gasteiger partial charge is 0.463 e. The van der Waals surface area contributed by atoms with Gasteiger partial charge in [0.2, 0.25) is 0 Å². The third kappa shape index (κ3) is 4.32. The van der Waals surface area contributed by atoms with Gasteiger partial charge in [-0.05, 0) is 44.9 Å². The second-order valence-corrected chi connectivity index (χ2v) is 4.76. The first-order chi connectivity index (χ1) is 8.40. The highest BCUT2D eigenvalue weighted by Gasteiger charge is 2.11. The number of ketones is 1. The van der Waals surface area contributed by atoms with E-state index >= 15 is 0 Å². The summed E-state index contributed by atoms with van der Waals surface area (Å²) in [4.78, 5) is 23.2. The summed E-state index contributed by atoms with van der Waals surface area (Å²) in [6, 6.07) is 5.60. The van der Waals surface area contributed by atoms with Crippen LogP contribution in [0.4, 0.5) is 0 Å². The van der Waals surface area contributed by atoms with Gasteiger partial charge < -0.3 is 4.74 Å². The Balaban J connectivity index is 2.55. The Kier molecular flexibility index (Phi) is 5.08. The SMILES string of the molecule is Cc1ccc(C(=O)CCC(=O)OC(C)C)cc1C. The van der Waals surface area contributed by atoms with Crippen molar-refractivity contribution in [2.75, 3.05) is 0 Å². The van der Waals surface area contributed by atoms with Crippen molar-refractivity contribution < 1.29 is 14.3 Å². The highest BCUT2D eigenvalue weighted by atomic mass is 16.5. The van der Waals surface area contributed by atoms with Crippen LogP contribution in [0.1, 0.15) is 48.2 Å². The molecule has 18 heavy (non-hydrogen) atoms. The van der Waals surface area contributed by atoms with Gasteiger partial charge in [0.05, 0.1) is 12.5 Å². The van der Waals surface area contributed by atoms with E-state index < -0.39 is 0 Å². The number of aryl methyl sites for hydroxylation is 2. The fourth-order valence-corrected chi connectivity index (χ4v) is 1.60. The van der Waals surface area contributed by atoms with Gasteiger partial charge in [-0.3, -0.25) is 9.59 Å². The minimum absolute atomic E-state index is 0.0150. The van der Waals surface area contributed by atoms with E-state index in [2.05, 4.69) is 0 Å². The quantitative estimate of drug-likeness (QED) is 0.593. The lowest BCUT2D eigenvalue weighted by Gasteiger charge is -2.08. The lowest BCUT2D eigenvalue weighted by Crippen LogP contribution is -2.13. The molecule has 0 amide bonds. The van der Waals surface area contributed by atoms with E-state index in [-0.39, 0.29) is 30.7 Å². The number of carbonyl (C=O) groups is 2. The van der Waals surface area contributed by atoms with Crippen molar-refractivity contribution in [3.05, 3.63) is 34.9 Å². The summed E-state index contributed by atoms with van der Waals surface area (Å²) in [7, 11) is 0. The third-order valence-electron chi connectivity index (χ3n) is 2.75. The molecular formula is C15H20O3. The van der Waals surface area contributed by atoms with Crippen LogP contribution < -0.4 is 0 Å². The smallest absolute Gasteiger partial charge is 0.306 e. The molecule has 0 radical (unpaired) electrons. The number of ether oxygens (including phenoxy) is 1. The zero-order valence-corrected chi connectivity index (χ0v) is 11.4. The van der Waals surface area contributed by atoms with Gasteiger partial charge in [-0.15, -0.1) is 0 Å². The molecule has 0 aromatic heterocycles. The van der Waals surface area contributed by atoms with Gasteiger partial charge in [0, 0.05) is 12.0 Å². The Labute approximate surface area is 108 Å². The van der Waals surface area contributed by atoms with Crippen molar-refractivity contribution in [3.63, 3.8) is 0 Å². The Morgan fingerprint density at radius 1 is 1.11 bits per heavy atom. The van der Waals surface area contributed by atoms with E-state index in [1.807, 2.05) is 26.0 Å². The molecule has 1 aromatic rings. The standard InChI is InChI=1S/C15H20O3/c1-10(2)18-15(17)8-7-14(16)13-6-5-11(3)12(4)9-13/h5-6,9-10H,7-8H2,1-4H3. The Hall–Kier alpha value is -1.64. The average molecular weight is 248 g/mol. The van der Waals surface area contributed by atoms with Gasteiger partial charge in [-0.25, -0.2) is 0 Å². The molecule has 0 atom stereocenters. The second kappa shape index (κ2) is 6.34. The zero-order chi connectivity index (χ0) is 13.7. The summed E-state index contributed by atoms with van der Waals surface area (Å²) in [6.07, 6.45) is 0.215. The molecule has 1 rings (SSSR count). The highest BCUT2D eigenvalue weighted by molar-refractivity contribution is 5.97. The van der Waals surface area contributed by atoms with E-state index in [0.717, 1.165) is 11.1 Å². The van der Waals surface area contributed by atoms with E-state index in [1.54, 1.807) is 19.9 Å². The predicted octanol–water partition coefficient (Wildman–Crippen LogP) is 3.22. The molecule has 0 bridgehead atoms. The first kappa shape index (κ1) is 14.4.